The smallest absolute Gasteiger partial charge is 0.255 e. The van der Waals surface area contributed by atoms with Crippen LogP contribution in [0.3, 0.4) is 0 Å². The van der Waals surface area contributed by atoms with Gasteiger partial charge >= 0.3 is 0 Å². The van der Waals surface area contributed by atoms with Crippen molar-refractivity contribution in [3.63, 3.8) is 0 Å². The van der Waals surface area contributed by atoms with Gasteiger partial charge in [-0.15, -0.1) is 0 Å². The van der Waals surface area contributed by atoms with Crippen molar-refractivity contribution in [1.82, 2.24) is 14.9 Å². The van der Waals surface area contributed by atoms with Crippen molar-refractivity contribution in [3.8, 4) is 0 Å². The van der Waals surface area contributed by atoms with E-state index in [1.165, 1.54) is 31.4 Å². The molecule has 0 bridgehead atoms. The number of hydrogen-bond donors (Lipinski definition) is 1. The van der Waals surface area contributed by atoms with E-state index in [1.54, 1.807) is 0 Å². The zero-order chi connectivity index (χ0) is 18.1. The number of rotatable bonds is 3. The Kier molecular flexibility index (Phi) is 4.85. The molecule has 1 fully saturated rings. The average molecular weight is 359 g/mol. The third-order valence-electron chi connectivity index (χ3n) is 5.49. The second kappa shape index (κ2) is 7.27. The summed E-state index contributed by atoms with van der Waals surface area (Å²) in [5, 5.41) is 0. The van der Waals surface area contributed by atoms with Crippen LogP contribution in [0.15, 0.2) is 23.0 Å². The molecule has 4 nitrogen and oxygen atoms in total. The Morgan fingerprint density at radius 2 is 1.85 bits per heavy atom. The predicted octanol–water partition coefficient (Wildman–Crippen LogP) is 3.65. The summed E-state index contributed by atoms with van der Waals surface area (Å²) < 4.78 is 26.8. The second-order valence-corrected chi connectivity index (χ2v) is 7.45. The van der Waals surface area contributed by atoms with Crippen LogP contribution in [0.25, 0.3) is 0 Å². The average Bonchev–Trinajstić information content (AvgIpc) is 2.62. The van der Waals surface area contributed by atoms with E-state index in [1.807, 2.05) is 4.90 Å². The molecule has 0 spiro atoms. The van der Waals surface area contributed by atoms with E-state index < -0.39 is 11.6 Å². The van der Waals surface area contributed by atoms with Crippen molar-refractivity contribution in [2.45, 2.75) is 57.5 Å². The summed E-state index contributed by atoms with van der Waals surface area (Å²) in [5.41, 5.74) is 2.09. The fourth-order valence-corrected chi connectivity index (χ4v) is 4.16. The molecule has 2 heterocycles. The fraction of sp³-hybridized carbons (Fsp3) is 0.500. The number of H-pyrrole nitrogens is 1. The molecule has 0 saturated heterocycles. The molecule has 1 aliphatic carbocycles. The number of benzene rings is 1. The molecule has 6 heteroatoms. The summed E-state index contributed by atoms with van der Waals surface area (Å²) in [7, 11) is 0. The van der Waals surface area contributed by atoms with Crippen LogP contribution in [0.5, 0.6) is 0 Å². The first kappa shape index (κ1) is 17.3. The van der Waals surface area contributed by atoms with Gasteiger partial charge in [0, 0.05) is 38.0 Å². The lowest BCUT2D eigenvalue weighted by Crippen LogP contribution is -2.36. The predicted molar refractivity (Wildman–Crippen MR) is 94.9 cm³/mol. The van der Waals surface area contributed by atoms with Gasteiger partial charge in [-0.05, 0) is 30.5 Å². The molecule has 1 saturated carbocycles. The standard InChI is InChI=1S/C20H23F2N3O/c21-15-8-13(9-16(22)10-15)11-25-7-6-18-17(12-25)20(26)24-19(23-18)14-4-2-1-3-5-14/h8-10,14H,1-7,11-12H2,(H,23,24,26). The molecule has 0 unspecified atom stereocenters. The molecule has 4 rings (SSSR count). The van der Waals surface area contributed by atoms with Gasteiger partial charge in [0.15, 0.2) is 0 Å². The summed E-state index contributed by atoms with van der Waals surface area (Å²) in [6, 6.07) is 3.55. The SMILES string of the molecule is O=c1[nH]c(C2CCCCC2)nc2c1CN(Cc1cc(F)cc(F)c1)CC2. The van der Waals surface area contributed by atoms with Gasteiger partial charge in [0.05, 0.1) is 11.3 Å². The molecule has 0 radical (unpaired) electrons. The van der Waals surface area contributed by atoms with E-state index in [4.69, 9.17) is 4.98 Å². The second-order valence-electron chi connectivity index (χ2n) is 7.45. The number of nitrogens with one attached hydrogen (secondary N) is 1. The zero-order valence-electron chi connectivity index (χ0n) is 14.7. The minimum atomic E-state index is -0.575. The van der Waals surface area contributed by atoms with E-state index in [-0.39, 0.29) is 5.56 Å². The van der Waals surface area contributed by atoms with Gasteiger partial charge in [-0.2, -0.15) is 0 Å². The molecule has 0 atom stereocenters. The molecular formula is C20H23F2N3O. The van der Waals surface area contributed by atoms with Crippen LogP contribution in [0.2, 0.25) is 0 Å². The van der Waals surface area contributed by atoms with E-state index >= 15 is 0 Å². The van der Waals surface area contributed by atoms with Crippen LogP contribution in [-0.2, 0) is 19.5 Å². The lowest BCUT2D eigenvalue weighted by atomic mass is 9.88. The minimum Gasteiger partial charge on any atom is -0.310 e. The summed E-state index contributed by atoms with van der Waals surface area (Å²) in [4.78, 5) is 22.4. The monoisotopic (exact) mass is 359 g/mol. The lowest BCUT2D eigenvalue weighted by Gasteiger charge is -2.29. The molecule has 1 aromatic heterocycles. The third kappa shape index (κ3) is 3.70. The van der Waals surface area contributed by atoms with Crippen LogP contribution in [-0.4, -0.2) is 21.4 Å². The topological polar surface area (TPSA) is 49.0 Å². The Hall–Kier alpha value is -2.08. The maximum atomic E-state index is 13.4. The number of nitrogens with zero attached hydrogens (tertiary/aromatic N) is 2. The number of aromatic nitrogens is 2. The first-order valence-electron chi connectivity index (χ1n) is 9.38. The van der Waals surface area contributed by atoms with E-state index in [2.05, 4.69) is 4.98 Å². The quantitative estimate of drug-likeness (QED) is 0.910. The first-order chi connectivity index (χ1) is 12.6. The van der Waals surface area contributed by atoms with Crippen LogP contribution in [0.4, 0.5) is 8.78 Å². The molecule has 2 aliphatic rings. The van der Waals surface area contributed by atoms with Crippen LogP contribution in [0, 0.1) is 11.6 Å². The molecule has 1 aromatic carbocycles. The van der Waals surface area contributed by atoms with Crippen molar-refractivity contribution in [1.29, 1.82) is 0 Å². The summed E-state index contributed by atoms with van der Waals surface area (Å²) in [5.74, 6) is 0.0623. The van der Waals surface area contributed by atoms with Gasteiger partial charge in [-0.25, -0.2) is 13.8 Å². The maximum Gasteiger partial charge on any atom is 0.255 e. The number of aromatic amines is 1. The van der Waals surface area contributed by atoms with Crippen molar-refractivity contribution in [2.75, 3.05) is 6.54 Å². The van der Waals surface area contributed by atoms with Gasteiger partial charge in [0.25, 0.3) is 5.56 Å². The highest BCUT2D eigenvalue weighted by Crippen LogP contribution is 2.30. The van der Waals surface area contributed by atoms with Gasteiger partial charge in [-0.1, -0.05) is 19.3 Å². The molecular weight excluding hydrogens is 336 g/mol. The number of fused-ring (bicyclic) bond motifs is 1. The summed E-state index contributed by atoms with van der Waals surface area (Å²) in [6.07, 6.45) is 6.54. The fourth-order valence-electron chi connectivity index (χ4n) is 4.16. The molecule has 26 heavy (non-hydrogen) atoms. The largest absolute Gasteiger partial charge is 0.310 e. The van der Waals surface area contributed by atoms with Crippen molar-refractivity contribution in [2.24, 2.45) is 0 Å². The molecule has 1 N–H and O–H groups in total. The van der Waals surface area contributed by atoms with Crippen molar-refractivity contribution in [3.05, 3.63) is 62.8 Å². The Bertz CT molecular complexity index is 838. The minimum absolute atomic E-state index is 0.0642. The number of hydrogen-bond acceptors (Lipinski definition) is 3. The lowest BCUT2D eigenvalue weighted by molar-refractivity contribution is 0.240. The van der Waals surface area contributed by atoms with Gasteiger partial charge < -0.3 is 4.98 Å². The van der Waals surface area contributed by atoms with E-state index in [0.717, 1.165) is 37.0 Å². The molecule has 2 aromatic rings. The van der Waals surface area contributed by atoms with Gasteiger partial charge in [-0.3, -0.25) is 9.69 Å². The van der Waals surface area contributed by atoms with Crippen LogP contribution in [0.1, 0.15) is 60.7 Å². The van der Waals surface area contributed by atoms with Gasteiger partial charge in [0.2, 0.25) is 0 Å². The highest BCUT2D eigenvalue weighted by Gasteiger charge is 2.24. The molecule has 138 valence electrons. The summed E-state index contributed by atoms with van der Waals surface area (Å²) in [6.45, 7) is 1.60. The van der Waals surface area contributed by atoms with Crippen molar-refractivity contribution < 1.29 is 8.78 Å². The first-order valence-corrected chi connectivity index (χ1v) is 9.38. The Morgan fingerprint density at radius 1 is 1.12 bits per heavy atom. The van der Waals surface area contributed by atoms with Crippen LogP contribution < -0.4 is 5.56 Å². The third-order valence-corrected chi connectivity index (χ3v) is 5.49. The normalized spacial score (nSPS) is 18.7. The molecule has 1 aliphatic heterocycles. The Labute approximate surface area is 151 Å². The highest BCUT2D eigenvalue weighted by molar-refractivity contribution is 5.23. The Morgan fingerprint density at radius 3 is 2.58 bits per heavy atom. The summed E-state index contributed by atoms with van der Waals surface area (Å²) >= 11 is 0. The number of halogens is 2. The molecule has 0 amide bonds. The van der Waals surface area contributed by atoms with E-state index in [0.29, 0.717) is 36.6 Å². The zero-order valence-corrected chi connectivity index (χ0v) is 14.7. The Balaban J connectivity index is 1.52. The maximum absolute atomic E-state index is 13.4. The van der Waals surface area contributed by atoms with Crippen molar-refractivity contribution >= 4 is 0 Å². The van der Waals surface area contributed by atoms with E-state index in [9.17, 15) is 13.6 Å². The van der Waals surface area contributed by atoms with Crippen LogP contribution >= 0.6 is 0 Å². The highest BCUT2D eigenvalue weighted by atomic mass is 19.1. The van der Waals surface area contributed by atoms with Gasteiger partial charge in [0.1, 0.15) is 17.5 Å².